The van der Waals surface area contributed by atoms with E-state index in [1.807, 2.05) is 0 Å². The monoisotopic (exact) mass is 324 g/mol. The maximum absolute atomic E-state index is 6.00. The van der Waals surface area contributed by atoms with E-state index in [0.717, 1.165) is 32.6 Å². The van der Waals surface area contributed by atoms with Crippen LogP contribution < -0.4 is 11.1 Å². The van der Waals surface area contributed by atoms with Gasteiger partial charge in [0.2, 0.25) is 0 Å². The van der Waals surface area contributed by atoms with Gasteiger partial charge in [-0.3, -0.25) is 9.89 Å². The van der Waals surface area contributed by atoms with Crippen LogP contribution in [0.1, 0.15) is 32.6 Å². The summed E-state index contributed by atoms with van der Waals surface area (Å²) in [4.78, 5) is 12.0. The van der Waals surface area contributed by atoms with E-state index >= 15 is 0 Å². The Bertz CT molecular complexity index is 359. The number of likely N-dealkylation sites (N-methyl/N-ethyl adjacent to an activating group) is 2. The first-order chi connectivity index (χ1) is 11.2. The lowest BCUT2D eigenvalue weighted by Gasteiger charge is -2.21. The first-order valence-corrected chi connectivity index (χ1v) is 9.37. The Kier molecular flexibility index (Phi) is 8.12. The molecule has 2 rings (SSSR count). The fourth-order valence-electron chi connectivity index (χ4n) is 3.62. The maximum Gasteiger partial charge on any atom is 0.188 e. The largest absolute Gasteiger partial charge is 0.370 e. The van der Waals surface area contributed by atoms with Crippen molar-refractivity contribution in [2.75, 3.05) is 66.0 Å². The molecule has 1 unspecified atom stereocenters. The molecule has 2 aliphatic heterocycles. The average molecular weight is 325 g/mol. The molecule has 0 aliphatic carbocycles. The van der Waals surface area contributed by atoms with E-state index in [2.05, 4.69) is 39.0 Å². The minimum Gasteiger partial charge on any atom is -0.370 e. The van der Waals surface area contributed by atoms with E-state index < -0.39 is 0 Å². The topological polar surface area (TPSA) is 60.1 Å². The van der Waals surface area contributed by atoms with Crippen molar-refractivity contribution in [1.82, 2.24) is 20.0 Å². The molecule has 1 atom stereocenters. The summed E-state index contributed by atoms with van der Waals surface area (Å²) < 4.78 is 0. The lowest BCUT2D eigenvalue weighted by atomic mass is 10.2. The molecule has 0 bridgehead atoms. The molecule has 23 heavy (non-hydrogen) atoms. The van der Waals surface area contributed by atoms with Crippen LogP contribution in [0.5, 0.6) is 0 Å². The van der Waals surface area contributed by atoms with Crippen LogP contribution >= 0.6 is 0 Å². The van der Waals surface area contributed by atoms with Crippen molar-refractivity contribution in [3.8, 4) is 0 Å². The van der Waals surface area contributed by atoms with Gasteiger partial charge in [-0.25, -0.2) is 0 Å². The number of aliphatic imine (C=N–C) groups is 1. The summed E-state index contributed by atoms with van der Waals surface area (Å²) in [5.41, 5.74) is 6.00. The lowest BCUT2D eigenvalue weighted by Crippen LogP contribution is -2.37. The second-order valence-electron chi connectivity index (χ2n) is 6.93. The summed E-state index contributed by atoms with van der Waals surface area (Å²) in [6.07, 6.45) is 4.97. The van der Waals surface area contributed by atoms with E-state index in [4.69, 9.17) is 5.73 Å². The predicted octanol–water partition coefficient (Wildman–Crippen LogP) is 0.403. The fraction of sp³-hybridized carbons (Fsp3) is 0.941. The molecule has 0 radical (unpaired) electrons. The second kappa shape index (κ2) is 10.1. The van der Waals surface area contributed by atoms with Gasteiger partial charge in [0.1, 0.15) is 0 Å². The molecule has 2 heterocycles. The number of guanidine groups is 1. The number of hydrogen-bond donors (Lipinski definition) is 2. The summed E-state index contributed by atoms with van der Waals surface area (Å²) in [6.45, 7) is 12.3. The van der Waals surface area contributed by atoms with Gasteiger partial charge in [-0.15, -0.1) is 0 Å². The van der Waals surface area contributed by atoms with E-state index in [9.17, 15) is 0 Å². The van der Waals surface area contributed by atoms with Crippen molar-refractivity contribution in [2.24, 2.45) is 10.7 Å². The highest BCUT2D eigenvalue weighted by molar-refractivity contribution is 5.77. The van der Waals surface area contributed by atoms with Crippen LogP contribution in [0.25, 0.3) is 0 Å². The standard InChI is InChI=1S/C17H36N6/c1-3-23-12-4-7-16(23)15-20-17(18)19-8-5-10-22-11-6-9-21(2)13-14-22/h16H,3-15H2,1-2H3,(H3,18,19,20). The van der Waals surface area contributed by atoms with Gasteiger partial charge in [0.25, 0.3) is 0 Å². The first kappa shape index (κ1) is 18.5. The molecule has 2 saturated heterocycles. The zero-order chi connectivity index (χ0) is 16.5. The van der Waals surface area contributed by atoms with Gasteiger partial charge < -0.3 is 20.9 Å². The predicted molar refractivity (Wildman–Crippen MR) is 97.9 cm³/mol. The second-order valence-corrected chi connectivity index (χ2v) is 6.93. The summed E-state index contributed by atoms with van der Waals surface area (Å²) in [6, 6.07) is 0.592. The molecule has 134 valence electrons. The van der Waals surface area contributed by atoms with Crippen molar-refractivity contribution >= 4 is 5.96 Å². The smallest absolute Gasteiger partial charge is 0.188 e. The van der Waals surface area contributed by atoms with Crippen molar-refractivity contribution in [3.05, 3.63) is 0 Å². The fourth-order valence-corrected chi connectivity index (χ4v) is 3.62. The van der Waals surface area contributed by atoms with Crippen molar-refractivity contribution in [3.63, 3.8) is 0 Å². The number of likely N-dealkylation sites (tertiary alicyclic amines) is 1. The van der Waals surface area contributed by atoms with Crippen molar-refractivity contribution in [2.45, 2.75) is 38.6 Å². The third-order valence-electron chi connectivity index (χ3n) is 5.15. The summed E-state index contributed by atoms with van der Waals surface area (Å²) in [5, 5.41) is 3.28. The van der Waals surface area contributed by atoms with Crippen LogP contribution in [0.15, 0.2) is 4.99 Å². The van der Waals surface area contributed by atoms with Gasteiger partial charge in [0.05, 0.1) is 6.54 Å². The summed E-state index contributed by atoms with van der Waals surface area (Å²) >= 11 is 0. The number of hydrogen-bond acceptors (Lipinski definition) is 4. The summed E-state index contributed by atoms with van der Waals surface area (Å²) in [5.74, 6) is 0.614. The Morgan fingerprint density at radius 3 is 2.87 bits per heavy atom. The van der Waals surface area contributed by atoms with Gasteiger partial charge in [0.15, 0.2) is 5.96 Å². The molecule has 6 heteroatoms. The molecule has 6 nitrogen and oxygen atoms in total. The highest BCUT2D eigenvalue weighted by Gasteiger charge is 2.22. The van der Waals surface area contributed by atoms with Crippen LogP contribution in [0.2, 0.25) is 0 Å². The molecule has 0 aromatic carbocycles. The Balaban J connectivity index is 1.57. The molecular weight excluding hydrogens is 288 g/mol. The SMILES string of the molecule is CCN1CCCC1CN=C(N)NCCCN1CCCN(C)CC1. The molecule has 2 aliphatic rings. The zero-order valence-corrected chi connectivity index (χ0v) is 15.1. The Labute approximate surface area is 142 Å². The zero-order valence-electron chi connectivity index (χ0n) is 15.1. The summed E-state index contributed by atoms with van der Waals surface area (Å²) in [7, 11) is 2.21. The van der Waals surface area contributed by atoms with Gasteiger partial charge in [-0.05, 0) is 65.5 Å². The Hall–Kier alpha value is -0.850. The molecule has 0 amide bonds. The van der Waals surface area contributed by atoms with E-state index in [-0.39, 0.29) is 0 Å². The quantitative estimate of drug-likeness (QED) is 0.403. The molecule has 0 saturated carbocycles. The number of nitrogens with two attached hydrogens (primary N) is 1. The van der Waals surface area contributed by atoms with Gasteiger partial charge >= 0.3 is 0 Å². The van der Waals surface area contributed by atoms with Crippen LogP contribution in [0.4, 0.5) is 0 Å². The third kappa shape index (κ3) is 6.65. The molecule has 0 aromatic rings. The Morgan fingerprint density at radius 1 is 1.17 bits per heavy atom. The highest BCUT2D eigenvalue weighted by Crippen LogP contribution is 2.16. The highest BCUT2D eigenvalue weighted by atomic mass is 15.2. The van der Waals surface area contributed by atoms with Gasteiger partial charge in [-0.1, -0.05) is 6.92 Å². The number of nitrogens with zero attached hydrogens (tertiary/aromatic N) is 4. The van der Waals surface area contributed by atoms with Crippen LogP contribution in [-0.4, -0.2) is 92.7 Å². The lowest BCUT2D eigenvalue weighted by molar-refractivity contribution is 0.272. The molecule has 3 N–H and O–H groups in total. The van der Waals surface area contributed by atoms with Crippen LogP contribution in [0, 0.1) is 0 Å². The van der Waals surface area contributed by atoms with E-state index in [1.165, 1.54) is 52.0 Å². The maximum atomic E-state index is 6.00. The van der Waals surface area contributed by atoms with Gasteiger partial charge in [-0.2, -0.15) is 0 Å². The van der Waals surface area contributed by atoms with E-state index in [1.54, 1.807) is 0 Å². The normalized spacial score (nSPS) is 25.7. The van der Waals surface area contributed by atoms with Crippen LogP contribution in [0.3, 0.4) is 0 Å². The molecular formula is C17H36N6. The van der Waals surface area contributed by atoms with E-state index in [0.29, 0.717) is 12.0 Å². The Morgan fingerprint density at radius 2 is 2.04 bits per heavy atom. The third-order valence-corrected chi connectivity index (χ3v) is 5.15. The molecule has 2 fully saturated rings. The average Bonchev–Trinajstić information content (AvgIpc) is 2.91. The number of rotatable bonds is 7. The number of nitrogens with one attached hydrogen (secondary N) is 1. The van der Waals surface area contributed by atoms with Crippen LogP contribution in [-0.2, 0) is 0 Å². The minimum absolute atomic E-state index is 0.592. The molecule has 0 spiro atoms. The minimum atomic E-state index is 0.592. The van der Waals surface area contributed by atoms with Crippen molar-refractivity contribution < 1.29 is 0 Å². The van der Waals surface area contributed by atoms with Gasteiger partial charge in [0, 0.05) is 25.7 Å². The first-order valence-electron chi connectivity index (χ1n) is 9.37. The molecule has 0 aromatic heterocycles. The van der Waals surface area contributed by atoms with Crippen molar-refractivity contribution in [1.29, 1.82) is 0 Å².